The van der Waals surface area contributed by atoms with Gasteiger partial charge in [0.25, 0.3) is 0 Å². The average Bonchev–Trinajstić information content (AvgIpc) is 2.62. The Morgan fingerprint density at radius 2 is 1.65 bits per heavy atom. The molecule has 2 saturated heterocycles. The molecule has 2 nitrogen and oxygen atoms in total. The van der Waals surface area contributed by atoms with Gasteiger partial charge in [0.15, 0.2) is 11.6 Å². The van der Waals surface area contributed by atoms with Crippen LogP contribution in [0.5, 0.6) is 0 Å². The number of hydrogen-bond donors (Lipinski definition) is 1. The molecule has 110 valence electrons. The van der Waals surface area contributed by atoms with Crippen molar-refractivity contribution in [3.63, 3.8) is 0 Å². The topological polar surface area (TPSA) is 15.3 Å². The molecule has 0 spiro atoms. The van der Waals surface area contributed by atoms with Crippen LogP contribution in [0.1, 0.15) is 32.6 Å². The molecule has 2 fully saturated rings. The molecular formula is C15H19F3N2. The van der Waals surface area contributed by atoms with E-state index >= 15 is 0 Å². The maximum atomic E-state index is 14.0. The van der Waals surface area contributed by atoms with Crippen molar-refractivity contribution in [3.8, 4) is 0 Å². The molecule has 0 radical (unpaired) electrons. The van der Waals surface area contributed by atoms with Crippen LogP contribution >= 0.6 is 0 Å². The summed E-state index contributed by atoms with van der Waals surface area (Å²) < 4.78 is 41.0. The number of rotatable bonds is 3. The first-order valence-corrected chi connectivity index (χ1v) is 7.26. The first-order chi connectivity index (χ1) is 9.60. The lowest BCUT2D eigenvalue weighted by atomic mass is 9.96. The molecule has 20 heavy (non-hydrogen) atoms. The van der Waals surface area contributed by atoms with Gasteiger partial charge in [-0.3, -0.25) is 0 Å². The molecular weight excluding hydrogens is 265 g/mol. The van der Waals surface area contributed by atoms with E-state index in [9.17, 15) is 13.2 Å². The highest BCUT2D eigenvalue weighted by molar-refractivity contribution is 5.53. The van der Waals surface area contributed by atoms with Gasteiger partial charge in [-0.2, -0.15) is 0 Å². The number of piperidine rings is 1. The van der Waals surface area contributed by atoms with Gasteiger partial charge in [0, 0.05) is 30.3 Å². The molecule has 1 aromatic rings. The minimum Gasteiger partial charge on any atom is -0.361 e. The molecule has 5 heteroatoms. The summed E-state index contributed by atoms with van der Waals surface area (Å²) in [5, 5.41) is 3.42. The van der Waals surface area contributed by atoms with Gasteiger partial charge < -0.3 is 10.2 Å². The lowest BCUT2D eigenvalue weighted by molar-refractivity contribution is 0.355. The van der Waals surface area contributed by atoms with E-state index < -0.39 is 17.5 Å². The number of fused-ring (bicyclic) bond motifs is 2. The molecule has 3 rings (SSSR count). The van der Waals surface area contributed by atoms with E-state index in [1.807, 2.05) is 4.90 Å². The first kappa shape index (κ1) is 13.7. The zero-order valence-corrected chi connectivity index (χ0v) is 11.5. The summed E-state index contributed by atoms with van der Waals surface area (Å²) in [6, 6.07) is 2.25. The van der Waals surface area contributed by atoms with Gasteiger partial charge in [0.1, 0.15) is 11.5 Å². The second-order valence-corrected chi connectivity index (χ2v) is 5.74. The molecule has 2 bridgehead atoms. The van der Waals surface area contributed by atoms with Crippen molar-refractivity contribution in [2.75, 3.05) is 11.4 Å². The number of nitrogens with zero attached hydrogens (tertiary/aromatic N) is 1. The van der Waals surface area contributed by atoms with Crippen LogP contribution in [0, 0.1) is 17.5 Å². The number of hydrogen-bond acceptors (Lipinski definition) is 2. The quantitative estimate of drug-likeness (QED) is 0.917. The Morgan fingerprint density at radius 1 is 1.10 bits per heavy atom. The summed E-state index contributed by atoms with van der Waals surface area (Å²) in [5.74, 6) is -2.44. The molecule has 2 heterocycles. The van der Waals surface area contributed by atoms with Crippen LogP contribution in [0.2, 0.25) is 0 Å². The lowest BCUT2D eigenvalue weighted by Gasteiger charge is -2.41. The van der Waals surface area contributed by atoms with E-state index in [0.717, 1.165) is 44.4 Å². The summed E-state index contributed by atoms with van der Waals surface area (Å²) >= 11 is 0. The highest BCUT2D eigenvalue weighted by Crippen LogP contribution is 2.41. The fourth-order valence-electron chi connectivity index (χ4n) is 3.78. The third kappa shape index (κ3) is 2.28. The van der Waals surface area contributed by atoms with Gasteiger partial charge in [-0.25, -0.2) is 13.2 Å². The smallest absolute Gasteiger partial charge is 0.152 e. The molecule has 1 N–H and O–H groups in total. The average molecular weight is 284 g/mol. The lowest BCUT2D eigenvalue weighted by Crippen LogP contribution is -2.49. The number of anilines is 1. The van der Waals surface area contributed by atoms with E-state index in [1.165, 1.54) is 0 Å². The standard InChI is InChI=1S/C15H19F3N2/c1-2-19-10-7-11-3-4-12(8-10)20(11)15-13(17)5-9(16)6-14(15)18/h5-6,10-12,19H,2-4,7-8H2,1H3. The Morgan fingerprint density at radius 3 is 2.15 bits per heavy atom. The van der Waals surface area contributed by atoms with Crippen LogP contribution in [0.4, 0.5) is 18.9 Å². The van der Waals surface area contributed by atoms with Crippen molar-refractivity contribution in [3.05, 3.63) is 29.6 Å². The molecule has 1 aromatic carbocycles. The Kier molecular flexibility index (Phi) is 3.63. The van der Waals surface area contributed by atoms with Crippen LogP contribution in [0.3, 0.4) is 0 Å². The summed E-state index contributed by atoms with van der Waals surface area (Å²) in [6.07, 6.45) is 3.67. The van der Waals surface area contributed by atoms with E-state index in [0.29, 0.717) is 6.04 Å². The normalized spacial score (nSPS) is 29.0. The van der Waals surface area contributed by atoms with E-state index in [1.54, 1.807) is 0 Å². The molecule has 2 aliphatic heterocycles. The van der Waals surface area contributed by atoms with Crippen LogP contribution < -0.4 is 10.2 Å². The van der Waals surface area contributed by atoms with E-state index in [-0.39, 0.29) is 17.8 Å². The Balaban J connectivity index is 1.89. The molecule has 2 atom stereocenters. The van der Waals surface area contributed by atoms with E-state index in [4.69, 9.17) is 0 Å². The fraction of sp³-hybridized carbons (Fsp3) is 0.600. The minimum absolute atomic E-state index is 0.0474. The first-order valence-electron chi connectivity index (χ1n) is 7.26. The molecule has 2 aliphatic rings. The maximum Gasteiger partial charge on any atom is 0.152 e. The maximum absolute atomic E-state index is 14.0. The second-order valence-electron chi connectivity index (χ2n) is 5.74. The molecule has 0 amide bonds. The van der Waals surface area contributed by atoms with Gasteiger partial charge in [-0.1, -0.05) is 6.92 Å². The Bertz CT molecular complexity index is 469. The van der Waals surface area contributed by atoms with Crippen LogP contribution in [-0.2, 0) is 0 Å². The van der Waals surface area contributed by atoms with Crippen LogP contribution in [0.15, 0.2) is 12.1 Å². The summed E-state index contributed by atoms with van der Waals surface area (Å²) in [5.41, 5.74) is -0.0474. The minimum atomic E-state index is -0.862. The van der Waals surface area contributed by atoms with Crippen molar-refractivity contribution in [1.29, 1.82) is 0 Å². The van der Waals surface area contributed by atoms with Crippen molar-refractivity contribution in [2.45, 2.75) is 50.7 Å². The third-order valence-corrected chi connectivity index (χ3v) is 4.47. The molecule has 0 aliphatic carbocycles. The Hall–Kier alpha value is -1.23. The van der Waals surface area contributed by atoms with Gasteiger partial charge in [-0.05, 0) is 32.2 Å². The second kappa shape index (κ2) is 5.28. The summed E-state index contributed by atoms with van der Waals surface area (Å²) in [7, 11) is 0. The molecule has 2 unspecified atom stereocenters. The zero-order valence-electron chi connectivity index (χ0n) is 11.5. The Labute approximate surface area is 117 Å². The zero-order chi connectivity index (χ0) is 14.3. The van der Waals surface area contributed by atoms with Gasteiger partial charge >= 0.3 is 0 Å². The van der Waals surface area contributed by atoms with Crippen molar-refractivity contribution < 1.29 is 13.2 Å². The largest absolute Gasteiger partial charge is 0.361 e. The van der Waals surface area contributed by atoms with Crippen LogP contribution in [-0.4, -0.2) is 24.7 Å². The molecule has 0 aromatic heterocycles. The van der Waals surface area contributed by atoms with Crippen molar-refractivity contribution in [1.82, 2.24) is 5.32 Å². The monoisotopic (exact) mass is 284 g/mol. The predicted molar refractivity (Wildman–Crippen MR) is 72.3 cm³/mol. The van der Waals surface area contributed by atoms with Gasteiger partial charge in [0.2, 0.25) is 0 Å². The number of nitrogens with one attached hydrogen (secondary N) is 1. The molecule has 0 saturated carbocycles. The predicted octanol–water partition coefficient (Wildman–Crippen LogP) is 3.21. The SMILES string of the molecule is CCNC1CC2CCC(C1)N2c1c(F)cc(F)cc1F. The van der Waals surface area contributed by atoms with Crippen LogP contribution in [0.25, 0.3) is 0 Å². The van der Waals surface area contributed by atoms with E-state index in [2.05, 4.69) is 12.2 Å². The fourth-order valence-corrected chi connectivity index (χ4v) is 3.78. The summed E-state index contributed by atoms with van der Waals surface area (Å²) in [6.45, 7) is 2.97. The summed E-state index contributed by atoms with van der Waals surface area (Å²) in [4.78, 5) is 1.85. The number of benzene rings is 1. The van der Waals surface area contributed by atoms with Gasteiger partial charge in [0.05, 0.1) is 0 Å². The van der Waals surface area contributed by atoms with Crippen molar-refractivity contribution in [2.24, 2.45) is 0 Å². The third-order valence-electron chi connectivity index (χ3n) is 4.47. The highest BCUT2D eigenvalue weighted by Gasteiger charge is 2.42. The highest BCUT2D eigenvalue weighted by atomic mass is 19.1. The number of halogens is 3. The van der Waals surface area contributed by atoms with Crippen molar-refractivity contribution >= 4 is 5.69 Å². The van der Waals surface area contributed by atoms with Gasteiger partial charge in [-0.15, -0.1) is 0 Å².